The molecule has 6 fully saturated rings. The summed E-state index contributed by atoms with van der Waals surface area (Å²) in [5, 5.41) is 13.4. The molecule has 10 atom stereocenters. The van der Waals surface area contributed by atoms with Crippen LogP contribution in [0.25, 0.3) is 32.6 Å². The van der Waals surface area contributed by atoms with Crippen LogP contribution in [0.1, 0.15) is 88.5 Å². The van der Waals surface area contributed by atoms with E-state index in [0.29, 0.717) is 62.0 Å². The molecule has 6 saturated heterocycles. The molecule has 0 saturated carbocycles. The van der Waals surface area contributed by atoms with Crippen LogP contribution in [0.15, 0.2) is 85.2 Å². The van der Waals surface area contributed by atoms with Crippen LogP contribution in [0.5, 0.6) is 23.3 Å². The molecule has 0 radical (unpaired) electrons. The molecule has 6 aliphatic rings. The largest absolute Gasteiger partial charge is 0.497 e. The number of hydrogen-bond donors (Lipinski definition) is 2. The van der Waals surface area contributed by atoms with Gasteiger partial charge in [-0.1, -0.05) is 25.5 Å². The summed E-state index contributed by atoms with van der Waals surface area (Å²) in [6.07, 6.45) is 9.47. The highest BCUT2D eigenvalue weighted by Crippen LogP contribution is 2.48. The Morgan fingerprint density at radius 1 is 0.689 bits per heavy atom. The third-order valence-corrected chi connectivity index (χ3v) is 20.0. The first kappa shape index (κ1) is 52.4. The van der Waals surface area contributed by atoms with Gasteiger partial charge in [-0.2, -0.15) is 0 Å². The number of pyridine rings is 2. The van der Waals surface area contributed by atoms with Gasteiger partial charge in [-0.3, -0.25) is 19.8 Å². The highest BCUT2D eigenvalue weighted by atomic mass is 32.2. The molecule has 2 N–H and O–H groups in total. The molecular formula is C56H72N6O10SSi. The minimum atomic E-state index is -3.65. The highest BCUT2D eigenvalue weighted by molar-refractivity contribution is 7.91. The summed E-state index contributed by atoms with van der Waals surface area (Å²) in [4.78, 5) is 34.5. The predicted molar refractivity (Wildman–Crippen MR) is 286 cm³/mol. The van der Waals surface area contributed by atoms with Gasteiger partial charge >= 0.3 is 8.80 Å². The Kier molecular flexibility index (Phi) is 16.3. The van der Waals surface area contributed by atoms with Gasteiger partial charge in [-0.25, -0.2) is 8.42 Å². The average Bonchev–Trinajstić information content (AvgIpc) is 3.43. The number of nitrogens with zero attached hydrogens (tertiary/aromatic N) is 6. The van der Waals surface area contributed by atoms with E-state index in [9.17, 15) is 18.0 Å². The molecular weight excluding hydrogens is 977 g/mol. The Balaban J connectivity index is 0.909. The van der Waals surface area contributed by atoms with E-state index in [1.165, 1.54) is 6.42 Å². The Morgan fingerprint density at radius 3 is 1.73 bits per heavy atom. The summed E-state index contributed by atoms with van der Waals surface area (Å²) in [6, 6.07) is 24.4. The van der Waals surface area contributed by atoms with Crippen LogP contribution in [0, 0.1) is 23.7 Å². The lowest BCUT2D eigenvalue weighted by Crippen LogP contribution is -2.56. The predicted octanol–water partition coefficient (Wildman–Crippen LogP) is 8.38. The molecule has 74 heavy (non-hydrogen) atoms. The molecule has 6 aromatic rings. The average molecular weight is 1050 g/mol. The van der Waals surface area contributed by atoms with Crippen molar-refractivity contribution >= 4 is 51.2 Å². The van der Waals surface area contributed by atoms with Gasteiger partial charge in [0.15, 0.2) is 0 Å². The molecule has 0 aliphatic carbocycles. The second-order valence-corrected chi connectivity index (χ2v) is 25.4. The lowest BCUT2D eigenvalue weighted by molar-refractivity contribution is -0.0504. The van der Waals surface area contributed by atoms with Crippen molar-refractivity contribution in [1.82, 2.24) is 30.0 Å². The molecule has 2 unspecified atom stereocenters. The fraction of sp³-hybridized carbons (Fsp3) is 0.536. The number of aromatic nitrogens is 4. The maximum Gasteiger partial charge on any atom is 0.495 e. The van der Waals surface area contributed by atoms with E-state index in [4.69, 9.17) is 48.3 Å². The standard InChI is InChI=1S/C56H72N6O10SSi/c1-5-37-35-61-24-19-38(37)31-51(61)53(43-17-22-57-49-15-13-41(67-3)33-47(43)49)71-55-45-11-7-8-12-46(45)56(60-59-55)72-54(44-18-23-58-50-16-14-42(68-4)34-48(44)50)52-32-39-20-25-62(52)36-40(39)21-29-73(63,64)28-9-26-69-27-10-30-74(65,66)70-6-2/h7-8,11-18,22-23,33-34,37-40,51-54,65-66H,5-6,9-10,19-21,24-32,35-36H2,1-4H3/t37-,38-,39-,40-,51-,52-,53+,54+/m0/s1. The summed E-state index contributed by atoms with van der Waals surface area (Å²) in [5.41, 5.74) is 3.71. The van der Waals surface area contributed by atoms with Crippen molar-refractivity contribution < 1.29 is 46.1 Å². The van der Waals surface area contributed by atoms with Crippen LogP contribution in [0.2, 0.25) is 6.04 Å². The molecule has 3 aromatic carbocycles. The highest BCUT2D eigenvalue weighted by Gasteiger charge is 2.47. The van der Waals surface area contributed by atoms with E-state index in [0.717, 1.165) is 107 Å². The molecule has 18 heteroatoms. The van der Waals surface area contributed by atoms with Crippen LogP contribution in [-0.4, -0.2) is 141 Å². The van der Waals surface area contributed by atoms with Gasteiger partial charge in [0.1, 0.15) is 33.5 Å². The van der Waals surface area contributed by atoms with Gasteiger partial charge < -0.3 is 37.7 Å². The first-order valence-electron chi connectivity index (χ1n) is 26.7. The van der Waals surface area contributed by atoms with Crippen LogP contribution < -0.4 is 18.9 Å². The van der Waals surface area contributed by atoms with E-state index in [-0.39, 0.29) is 48.3 Å². The van der Waals surface area contributed by atoms with Gasteiger partial charge in [-0.05, 0) is 149 Å². The zero-order valence-corrected chi connectivity index (χ0v) is 45.0. The number of sulfone groups is 1. The topological polar surface area (TPSA) is 188 Å². The second kappa shape index (κ2) is 23.0. The monoisotopic (exact) mass is 1050 g/mol. The molecule has 6 aliphatic heterocycles. The van der Waals surface area contributed by atoms with E-state index in [1.54, 1.807) is 21.1 Å². The number of hydrogen-bond acceptors (Lipinski definition) is 16. The molecule has 0 spiro atoms. The summed E-state index contributed by atoms with van der Waals surface area (Å²) in [5.74, 6) is 4.33. The second-order valence-electron chi connectivity index (χ2n) is 20.8. The van der Waals surface area contributed by atoms with Gasteiger partial charge in [0.25, 0.3) is 0 Å². The molecule has 396 valence electrons. The van der Waals surface area contributed by atoms with Crippen molar-refractivity contribution in [2.75, 3.05) is 71.7 Å². The van der Waals surface area contributed by atoms with Crippen molar-refractivity contribution in [3.05, 3.63) is 96.3 Å². The maximum atomic E-state index is 13.4. The summed E-state index contributed by atoms with van der Waals surface area (Å²) in [7, 11) is -3.60. The van der Waals surface area contributed by atoms with Crippen molar-refractivity contribution in [1.29, 1.82) is 0 Å². The normalized spacial score (nSPS) is 24.6. The number of methoxy groups -OCH3 is 2. The molecule has 4 bridgehead atoms. The van der Waals surface area contributed by atoms with Crippen molar-refractivity contribution in [2.45, 2.75) is 95.5 Å². The van der Waals surface area contributed by atoms with Gasteiger partial charge in [-0.15, -0.1) is 10.2 Å². The third kappa shape index (κ3) is 11.5. The van der Waals surface area contributed by atoms with Crippen molar-refractivity contribution in [3.8, 4) is 23.3 Å². The number of benzene rings is 3. The Hall–Kier alpha value is -5.05. The number of rotatable bonds is 24. The van der Waals surface area contributed by atoms with Gasteiger partial charge in [0.2, 0.25) is 11.8 Å². The van der Waals surface area contributed by atoms with Gasteiger partial charge in [0, 0.05) is 73.2 Å². The summed E-state index contributed by atoms with van der Waals surface area (Å²) >= 11 is 0. The molecule has 16 nitrogen and oxygen atoms in total. The van der Waals surface area contributed by atoms with Crippen molar-refractivity contribution in [2.24, 2.45) is 23.7 Å². The van der Waals surface area contributed by atoms with E-state index >= 15 is 0 Å². The zero-order chi connectivity index (χ0) is 51.4. The number of fused-ring (bicyclic) bond motifs is 9. The lowest BCUT2D eigenvalue weighted by atomic mass is 9.72. The van der Waals surface area contributed by atoms with Crippen LogP contribution in [-0.2, 0) is 19.0 Å². The van der Waals surface area contributed by atoms with Crippen molar-refractivity contribution in [3.63, 3.8) is 0 Å². The Labute approximate surface area is 436 Å². The Bertz CT molecular complexity index is 3010. The molecule has 9 heterocycles. The molecule has 0 amide bonds. The lowest BCUT2D eigenvalue weighted by Gasteiger charge is -2.52. The fourth-order valence-corrected chi connectivity index (χ4v) is 15.2. The molecule has 3 aromatic heterocycles. The SMILES string of the molecule is CCO[Si](O)(O)CCCOCCCS(=O)(=O)CC[C@H]1CN2CC[C@H]1C[C@H]2[C@H](Oc1nnc(O[C@H](c2ccnc3ccc(OC)cc23)[C@@H]2C[C@@H]3CCN2C[C@@H]3CC)c2ccccc12)c1ccnc2ccc(OC)cc12. The number of piperidine rings is 6. The quantitative estimate of drug-likeness (QED) is 0.0434. The summed E-state index contributed by atoms with van der Waals surface area (Å²) in [6.45, 7) is 8.60. The Morgan fingerprint density at radius 2 is 1.23 bits per heavy atom. The van der Waals surface area contributed by atoms with E-state index in [2.05, 4.69) is 28.9 Å². The van der Waals surface area contributed by atoms with Crippen LogP contribution in [0.3, 0.4) is 0 Å². The first-order valence-corrected chi connectivity index (χ1v) is 30.6. The van der Waals surface area contributed by atoms with E-state index < -0.39 is 24.7 Å². The van der Waals surface area contributed by atoms with Crippen LogP contribution in [0.4, 0.5) is 0 Å². The minimum absolute atomic E-state index is 0.0471. The fourth-order valence-electron chi connectivity index (χ4n) is 12.6. The zero-order valence-electron chi connectivity index (χ0n) is 43.2. The molecule has 12 rings (SSSR count). The van der Waals surface area contributed by atoms with Gasteiger partial charge in [0.05, 0.1) is 59.6 Å². The minimum Gasteiger partial charge on any atom is -0.497 e. The first-order chi connectivity index (χ1) is 35.9. The number of ether oxygens (including phenoxy) is 5. The third-order valence-electron chi connectivity index (χ3n) is 16.5. The van der Waals surface area contributed by atoms with E-state index in [1.807, 2.05) is 73.1 Å². The maximum absolute atomic E-state index is 13.4. The summed E-state index contributed by atoms with van der Waals surface area (Å²) < 4.78 is 63.5. The smallest absolute Gasteiger partial charge is 0.495 e. The van der Waals surface area contributed by atoms with Crippen LogP contribution >= 0.6 is 0 Å².